The molecule has 5 nitrogen and oxygen atoms in total. The standard InChI is InChI=1S/C11H22N2O3/c1-3-9(11(15)16)7-13-10(14)5-4-8(2)6-12/h8-9H,3-7,12H2,1-2H3,(H,13,14)(H,15,16). The summed E-state index contributed by atoms with van der Waals surface area (Å²) in [6, 6.07) is 0. The van der Waals surface area contributed by atoms with E-state index < -0.39 is 11.9 Å². The molecule has 0 aliphatic rings. The van der Waals surface area contributed by atoms with Crippen molar-refractivity contribution in [3.05, 3.63) is 0 Å². The SMILES string of the molecule is CCC(CNC(=O)CCC(C)CN)C(=O)O. The van der Waals surface area contributed by atoms with Gasteiger partial charge in [-0.3, -0.25) is 9.59 Å². The second-order valence-corrected chi connectivity index (χ2v) is 4.13. The Bertz CT molecular complexity index is 231. The zero-order valence-corrected chi connectivity index (χ0v) is 10.0. The van der Waals surface area contributed by atoms with Crippen LogP contribution in [0.4, 0.5) is 0 Å². The molecule has 0 bridgehead atoms. The monoisotopic (exact) mass is 230 g/mol. The van der Waals surface area contributed by atoms with E-state index in [1.165, 1.54) is 0 Å². The predicted molar refractivity (Wildman–Crippen MR) is 61.9 cm³/mol. The number of carbonyl (C=O) groups excluding carboxylic acids is 1. The van der Waals surface area contributed by atoms with Gasteiger partial charge in [0, 0.05) is 13.0 Å². The Balaban J connectivity index is 3.76. The minimum Gasteiger partial charge on any atom is -0.481 e. The van der Waals surface area contributed by atoms with Gasteiger partial charge >= 0.3 is 5.97 Å². The molecule has 0 heterocycles. The van der Waals surface area contributed by atoms with Gasteiger partial charge in [0.2, 0.25) is 5.91 Å². The van der Waals surface area contributed by atoms with E-state index in [0.717, 1.165) is 6.42 Å². The van der Waals surface area contributed by atoms with E-state index in [-0.39, 0.29) is 12.5 Å². The lowest BCUT2D eigenvalue weighted by Gasteiger charge is -2.12. The van der Waals surface area contributed by atoms with Gasteiger partial charge in [-0.1, -0.05) is 13.8 Å². The summed E-state index contributed by atoms with van der Waals surface area (Å²) in [6.45, 7) is 4.56. The average molecular weight is 230 g/mol. The molecule has 0 saturated heterocycles. The first-order valence-corrected chi connectivity index (χ1v) is 5.70. The molecule has 0 saturated carbocycles. The van der Waals surface area contributed by atoms with Crippen LogP contribution >= 0.6 is 0 Å². The first-order chi connectivity index (χ1) is 7.51. The van der Waals surface area contributed by atoms with E-state index >= 15 is 0 Å². The lowest BCUT2D eigenvalue weighted by molar-refractivity contribution is -0.141. The summed E-state index contributed by atoms with van der Waals surface area (Å²) in [5.74, 6) is -1.12. The van der Waals surface area contributed by atoms with Crippen molar-refractivity contribution in [2.45, 2.75) is 33.1 Å². The predicted octanol–water partition coefficient (Wildman–Crippen LogP) is 0.588. The molecule has 0 aliphatic carbocycles. The van der Waals surface area contributed by atoms with E-state index in [2.05, 4.69) is 5.32 Å². The fourth-order valence-electron chi connectivity index (χ4n) is 1.23. The van der Waals surface area contributed by atoms with Gasteiger partial charge in [0.15, 0.2) is 0 Å². The molecule has 0 rings (SSSR count). The highest BCUT2D eigenvalue weighted by Gasteiger charge is 2.15. The maximum atomic E-state index is 11.4. The van der Waals surface area contributed by atoms with Crippen LogP contribution in [0, 0.1) is 11.8 Å². The molecule has 4 N–H and O–H groups in total. The molecule has 16 heavy (non-hydrogen) atoms. The third-order valence-corrected chi connectivity index (χ3v) is 2.65. The second kappa shape index (κ2) is 8.10. The van der Waals surface area contributed by atoms with Crippen molar-refractivity contribution in [2.75, 3.05) is 13.1 Å². The van der Waals surface area contributed by atoms with Crippen molar-refractivity contribution in [1.29, 1.82) is 0 Å². The molecule has 1 amide bonds. The number of carbonyl (C=O) groups is 2. The molecule has 0 fully saturated rings. The van der Waals surface area contributed by atoms with Crippen molar-refractivity contribution >= 4 is 11.9 Å². The first-order valence-electron chi connectivity index (χ1n) is 5.70. The number of carboxylic acids is 1. The van der Waals surface area contributed by atoms with Gasteiger partial charge < -0.3 is 16.2 Å². The summed E-state index contributed by atoms with van der Waals surface area (Å²) in [5, 5.41) is 11.4. The average Bonchev–Trinajstić information content (AvgIpc) is 2.26. The van der Waals surface area contributed by atoms with Crippen LogP contribution < -0.4 is 11.1 Å². The Morgan fingerprint density at radius 2 is 2.06 bits per heavy atom. The van der Waals surface area contributed by atoms with Crippen molar-refractivity contribution in [3.63, 3.8) is 0 Å². The minimum atomic E-state index is -0.863. The van der Waals surface area contributed by atoms with Gasteiger partial charge in [0.1, 0.15) is 0 Å². The van der Waals surface area contributed by atoms with Crippen molar-refractivity contribution in [2.24, 2.45) is 17.6 Å². The number of aliphatic carboxylic acids is 1. The van der Waals surface area contributed by atoms with Crippen LogP contribution in [-0.4, -0.2) is 30.1 Å². The van der Waals surface area contributed by atoms with E-state index in [0.29, 0.717) is 25.3 Å². The summed E-state index contributed by atoms with van der Waals surface area (Å²) in [4.78, 5) is 22.0. The third kappa shape index (κ3) is 6.40. The summed E-state index contributed by atoms with van der Waals surface area (Å²) in [7, 11) is 0. The number of amides is 1. The summed E-state index contributed by atoms with van der Waals surface area (Å²) in [6.07, 6.45) is 1.68. The normalized spacial score (nSPS) is 14.2. The highest BCUT2D eigenvalue weighted by atomic mass is 16.4. The van der Waals surface area contributed by atoms with Crippen LogP contribution in [0.15, 0.2) is 0 Å². The summed E-state index contributed by atoms with van der Waals surface area (Å²) < 4.78 is 0. The van der Waals surface area contributed by atoms with Gasteiger partial charge in [-0.2, -0.15) is 0 Å². The zero-order valence-electron chi connectivity index (χ0n) is 10.0. The Morgan fingerprint density at radius 1 is 1.44 bits per heavy atom. The molecule has 5 heteroatoms. The minimum absolute atomic E-state index is 0.0972. The van der Waals surface area contributed by atoms with E-state index in [4.69, 9.17) is 10.8 Å². The number of hydrogen-bond acceptors (Lipinski definition) is 3. The van der Waals surface area contributed by atoms with Crippen LogP contribution in [0.3, 0.4) is 0 Å². The Hall–Kier alpha value is -1.10. The van der Waals surface area contributed by atoms with Crippen molar-refractivity contribution < 1.29 is 14.7 Å². The van der Waals surface area contributed by atoms with E-state index in [1.807, 2.05) is 6.92 Å². The third-order valence-electron chi connectivity index (χ3n) is 2.65. The highest BCUT2D eigenvalue weighted by Crippen LogP contribution is 2.04. The zero-order chi connectivity index (χ0) is 12.6. The van der Waals surface area contributed by atoms with E-state index in [9.17, 15) is 9.59 Å². The molecule has 2 unspecified atom stereocenters. The number of hydrogen-bond donors (Lipinski definition) is 3. The molecule has 0 aromatic rings. The quantitative estimate of drug-likeness (QED) is 0.569. The van der Waals surface area contributed by atoms with Crippen molar-refractivity contribution in [3.8, 4) is 0 Å². The molecule has 0 aromatic heterocycles. The second-order valence-electron chi connectivity index (χ2n) is 4.13. The molecular weight excluding hydrogens is 208 g/mol. The lowest BCUT2D eigenvalue weighted by Crippen LogP contribution is -2.32. The molecule has 2 atom stereocenters. The van der Waals surface area contributed by atoms with Gasteiger partial charge in [-0.25, -0.2) is 0 Å². The Kier molecular flexibility index (Phi) is 7.54. The van der Waals surface area contributed by atoms with Gasteiger partial charge in [-0.05, 0) is 25.3 Å². The summed E-state index contributed by atoms with van der Waals surface area (Å²) >= 11 is 0. The smallest absolute Gasteiger partial charge is 0.308 e. The molecule has 0 spiro atoms. The maximum Gasteiger partial charge on any atom is 0.308 e. The molecule has 0 radical (unpaired) electrons. The fourth-order valence-corrected chi connectivity index (χ4v) is 1.23. The molecule has 0 aliphatic heterocycles. The van der Waals surface area contributed by atoms with Crippen LogP contribution in [0.1, 0.15) is 33.1 Å². The topological polar surface area (TPSA) is 92.4 Å². The molecule has 0 aromatic carbocycles. The number of nitrogens with one attached hydrogen (secondary N) is 1. The van der Waals surface area contributed by atoms with E-state index in [1.54, 1.807) is 6.92 Å². The summed E-state index contributed by atoms with van der Waals surface area (Å²) in [5.41, 5.74) is 5.43. The van der Waals surface area contributed by atoms with Gasteiger partial charge in [0.05, 0.1) is 5.92 Å². The Morgan fingerprint density at radius 3 is 2.50 bits per heavy atom. The van der Waals surface area contributed by atoms with Gasteiger partial charge in [-0.15, -0.1) is 0 Å². The number of rotatable bonds is 8. The lowest BCUT2D eigenvalue weighted by atomic mass is 10.1. The largest absolute Gasteiger partial charge is 0.481 e. The number of carboxylic acid groups (broad SMARTS) is 1. The van der Waals surface area contributed by atoms with Crippen LogP contribution in [0.25, 0.3) is 0 Å². The van der Waals surface area contributed by atoms with Crippen LogP contribution in [0.5, 0.6) is 0 Å². The molecular formula is C11H22N2O3. The number of nitrogens with two attached hydrogens (primary N) is 1. The van der Waals surface area contributed by atoms with Crippen LogP contribution in [-0.2, 0) is 9.59 Å². The maximum absolute atomic E-state index is 11.4. The van der Waals surface area contributed by atoms with Crippen LogP contribution in [0.2, 0.25) is 0 Å². The van der Waals surface area contributed by atoms with Crippen molar-refractivity contribution in [1.82, 2.24) is 5.32 Å². The first kappa shape index (κ1) is 14.9. The Labute approximate surface area is 96.4 Å². The van der Waals surface area contributed by atoms with Gasteiger partial charge in [0.25, 0.3) is 0 Å². The molecule has 94 valence electrons. The highest BCUT2D eigenvalue weighted by molar-refractivity contribution is 5.77. The fraction of sp³-hybridized carbons (Fsp3) is 0.818.